The van der Waals surface area contributed by atoms with E-state index in [-0.39, 0.29) is 5.78 Å². The first-order chi connectivity index (χ1) is 9.58. The highest BCUT2D eigenvalue weighted by atomic mass is 16.1. The fraction of sp³-hybridized carbons (Fsp3) is 0.0714. The van der Waals surface area contributed by atoms with Crippen molar-refractivity contribution in [3.8, 4) is 0 Å². The van der Waals surface area contributed by atoms with Crippen molar-refractivity contribution >= 4 is 28.3 Å². The first-order valence-corrected chi connectivity index (χ1v) is 6.03. The lowest BCUT2D eigenvalue weighted by Crippen LogP contribution is -2.03. The fourth-order valence-corrected chi connectivity index (χ4v) is 2.24. The number of rotatable bonds is 2. The van der Waals surface area contributed by atoms with Crippen LogP contribution in [0.4, 0.5) is 11.5 Å². The van der Waals surface area contributed by atoms with Crippen LogP contribution in [0.3, 0.4) is 0 Å². The molecule has 0 saturated heterocycles. The summed E-state index contributed by atoms with van der Waals surface area (Å²) < 4.78 is 1.76. The zero-order valence-corrected chi connectivity index (χ0v) is 10.9. The maximum absolute atomic E-state index is 12.6. The van der Waals surface area contributed by atoms with Gasteiger partial charge in [0.1, 0.15) is 17.8 Å². The van der Waals surface area contributed by atoms with Crippen LogP contribution in [0, 0.1) is 0 Å². The maximum atomic E-state index is 12.6. The lowest BCUT2D eigenvalue weighted by molar-refractivity contribution is 0.104. The molecule has 0 saturated carbocycles. The largest absolute Gasteiger partial charge is 0.399 e. The second kappa shape index (κ2) is 4.34. The third-order valence-corrected chi connectivity index (χ3v) is 3.18. The normalized spacial score (nSPS) is 10.8. The smallest absolute Gasteiger partial charge is 0.195 e. The first-order valence-electron chi connectivity index (χ1n) is 6.03. The molecule has 20 heavy (non-hydrogen) atoms. The van der Waals surface area contributed by atoms with Crippen LogP contribution in [-0.2, 0) is 7.05 Å². The molecule has 0 bridgehead atoms. The second-order valence-electron chi connectivity index (χ2n) is 4.57. The number of nitrogen functional groups attached to an aromatic ring is 2. The van der Waals surface area contributed by atoms with Gasteiger partial charge in [0.2, 0.25) is 0 Å². The molecule has 0 spiro atoms. The maximum Gasteiger partial charge on any atom is 0.195 e. The van der Waals surface area contributed by atoms with Crippen molar-refractivity contribution in [1.29, 1.82) is 0 Å². The third-order valence-electron chi connectivity index (χ3n) is 3.18. The summed E-state index contributed by atoms with van der Waals surface area (Å²) >= 11 is 0. The Balaban J connectivity index is 2.22. The molecule has 0 radical (unpaired) electrons. The Kier molecular flexibility index (Phi) is 2.64. The average Bonchev–Trinajstić information content (AvgIpc) is 2.77. The number of carbonyl (C=O) groups excluding carboxylic acids is 1. The van der Waals surface area contributed by atoms with E-state index >= 15 is 0 Å². The number of nitrogens with zero attached hydrogens (tertiary/aromatic N) is 3. The number of hydrogen-bond donors (Lipinski definition) is 2. The summed E-state index contributed by atoms with van der Waals surface area (Å²) in [7, 11) is 1.81. The summed E-state index contributed by atoms with van der Waals surface area (Å²) in [6.45, 7) is 0. The summed E-state index contributed by atoms with van der Waals surface area (Å²) in [4.78, 5) is 20.7. The Hall–Kier alpha value is -2.89. The molecule has 2 heterocycles. The van der Waals surface area contributed by atoms with Gasteiger partial charge in [0.05, 0.1) is 10.9 Å². The number of hydrogen-bond acceptors (Lipinski definition) is 5. The number of fused-ring (bicyclic) bond motifs is 1. The van der Waals surface area contributed by atoms with Crippen molar-refractivity contribution in [2.24, 2.45) is 7.05 Å². The van der Waals surface area contributed by atoms with Gasteiger partial charge in [-0.2, -0.15) is 0 Å². The lowest BCUT2D eigenvalue weighted by atomic mass is 10.0. The van der Waals surface area contributed by atoms with Crippen molar-refractivity contribution < 1.29 is 4.79 Å². The Morgan fingerprint density at radius 1 is 1.25 bits per heavy atom. The minimum absolute atomic E-state index is 0.149. The predicted molar refractivity (Wildman–Crippen MR) is 77.2 cm³/mol. The molecule has 0 fully saturated rings. The molecule has 1 aromatic carbocycles. The van der Waals surface area contributed by atoms with Gasteiger partial charge >= 0.3 is 0 Å². The molecular formula is C14H13N5O. The molecule has 0 unspecified atom stereocenters. The highest BCUT2D eigenvalue weighted by Crippen LogP contribution is 2.25. The molecule has 6 heteroatoms. The van der Waals surface area contributed by atoms with Gasteiger partial charge in [0.25, 0.3) is 0 Å². The molecule has 0 aliphatic carbocycles. The first kappa shape index (κ1) is 12.2. The molecule has 3 aromatic rings. The van der Waals surface area contributed by atoms with Crippen molar-refractivity contribution in [3.05, 3.63) is 47.9 Å². The van der Waals surface area contributed by atoms with E-state index < -0.39 is 0 Å². The molecule has 4 N–H and O–H groups in total. The molecule has 0 amide bonds. The van der Waals surface area contributed by atoms with E-state index in [9.17, 15) is 4.79 Å². The minimum Gasteiger partial charge on any atom is -0.399 e. The van der Waals surface area contributed by atoms with Gasteiger partial charge < -0.3 is 16.0 Å². The van der Waals surface area contributed by atoms with E-state index in [0.717, 1.165) is 0 Å². The molecule has 0 atom stereocenters. The van der Waals surface area contributed by atoms with Gasteiger partial charge in [0.15, 0.2) is 5.78 Å². The molecule has 100 valence electrons. The Labute approximate surface area is 115 Å². The summed E-state index contributed by atoms with van der Waals surface area (Å²) in [6.07, 6.45) is 3.09. The van der Waals surface area contributed by atoms with Gasteiger partial charge in [-0.3, -0.25) is 4.79 Å². The SMILES string of the molecule is Cn1cc(C(=O)c2cccc(N)c2)c2c(N)ncnc21. The van der Waals surface area contributed by atoms with E-state index in [4.69, 9.17) is 11.5 Å². The van der Waals surface area contributed by atoms with Crippen LogP contribution >= 0.6 is 0 Å². The quantitative estimate of drug-likeness (QED) is 0.539. The van der Waals surface area contributed by atoms with Crippen LogP contribution in [0.15, 0.2) is 36.8 Å². The predicted octanol–water partition coefficient (Wildman–Crippen LogP) is 1.36. The average molecular weight is 267 g/mol. The lowest BCUT2D eigenvalue weighted by Gasteiger charge is -2.02. The van der Waals surface area contributed by atoms with Crippen molar-refractivity contribution in [2.75, 3.05) is 11.5 Å². The van der Waals surface area contributed by atoms with Gasteiger partial charge in [-0.25, -0.2) is 9.97 Å². The molecular weight excluding hydrogens is 254 g/mol. The number of ketones is 1. The van der Waals surface area contributed by atoms with Crippen molar-refractivity contribution in [2.45, 2.75) is 0 Å². The van der Waals surface area contributed by atoms with Gasteiger partial charge in [0, 0.05) is 24.5 Å². The number of benzene rings is 1. The molecule has 2 aromatic heterocycles. The van der Waals surface area contributed by atoms with Crippen LogP contribution in [0.5, 0.6) is 0 Å². The number of anilines is 2. The molecule has 3 rings (SSSR count). The van der Waals surface area contributed by atoms with Gasteiger partial charge in [-0.1, -0.05) is 12.1 Å². The summed E-state index contributed by atoms with van der Waals surface area (Å²) in [5, 5.41) is 0.572. The van der Waals surface area contributed by atoms with Crippen LogP contribution < -0.4 is 11.5 Å². The number of aromatic nitrogens is 3. The van der Waals surface area contributed by atoms with Crippen LogP contribution in [0.1, 0.15) is 15.9 Å². The van der Waals surface area contributed by atoms with E-state index in [1.165, 1.54) is 6.33 Å². The molecule has 6 nitrogen and oxygen atoms in total. The van der Waals surface area contributed by atoms with Crippen molar-refractivity contribution in [1.82, 2.24) is 14.5 Å². The number of carbonyl (C=O) groups is 1. The Morgan fingerprint density at radius 2 is 2.05 bits per heavy atom. The third kappa shape index (κ3) is 1.78. The second-order valence-corrected chi connectivity index (χ2v) is 4.57. The molecule has 0 aliphatic heterocycles. The van der Waals surface area contributed by atoms with Crippen LogP contribution in [0.2, 0.25) is 0 Å². The monoisotopic (exact) mass is 267 g/mol. The van der Waals surface area contributed by atoms with E-state index in [1.807, 2.05) is 7.05 Å². The topological polar surface area (TPSA) is 99.8 Å². The van der Waals surface area contributed by atoms with E-state index in [2.05, 4.69) is 9.97 Å². The summed E-state index contributed by atoms with van der Waals surface area (Å²) in [6, 6.07) is 6.84. The Bertz CT molecular complexity index is 822. The van der Waals surface area contributed by atoms with Crippen LogP contribution in [0.25, 0.3) is 11.0 Å². The standard InChI is InChI=1S/C14H13N5O/c1-19-6-10(11-13(16)17-7-18-14(11)19)12(20)8-3-2-4-9(15)5-8/h2-7H,15H2,1H3,(H2,16,17,18). The molecule has 0 aliphatic rings. The highest BCUT2D eigenvalue weighted by Gasteiger charge is 2.19. The number of aryl methyl sites for hydroxylation is 1. The fourth-order valence-electron chi connectivity index (χ4n) is 2.24. The highest BCUT2D eigenvalue weighted by molar-refractivity contribution is 6.18. The van der Waals surface area contributed by atoms with Gasteiger partial charge in [-0.05, 0) is 12.1 Å². The zero-order chi connectivity index (χ0) is 14.3. The van der Waals surface area contributed by atoms with Gasteiger partial charge in [-0.15, -0.1) is 0 Å². The van der Waals surface area contributed by atoms with E-state index in [0.29, 0.717) is 33.7 Å². The summed E-state index contributed by atoms with van der Waals surface area (Å²) in [5.41, 5.74) is 13.8. The summed E-state index contributed by atoms with van der Waals surface area (Å²) in [5.74, 6) is 0.146. The minimum atomic E-state index is -0.149. The van der Waals surface area contributed by atoms with E-state index in [1.54, 1.807) is 35.0 Å². The number of nitrogens with two attached hydrogens (primary N) is 2. The Morgan fingerprint density at radius 3 is 2.80 bits per heavy atom. The zero-order valence-electron chi connectivity index (χ0n) is 10.9. The van der Waals surface area contributed by atoms with Crippen LogP contribution in [-0.4, -0.2) is 20.3 Å². The van der Waals surface area contributed by atoms with Crippen molar-refractivity contribution in [3.63, 3.8) is 0 Å².